The number of aromatic nitrogens is 3. The van der Waals surface area contributed by atoms with E-state index in [2.05, 4.69) is 49.3 Å². The molecule has 1 aromatic carbocycles. The monoisotopic (exact) mass is 566 g/mol. The van der Waals surface area contributed by atoms with Crippen molar-refractivity contribution in [2.24, 2.45) is 0 Å². The number of carbonyl (C=O) groups excluding carboxylic acids is 1. The quantitative estimate of drug-likeness (QED) is 0.247. The molecule has 3 aromatic rings. The van der Waals surface area contributed by atoms with Gasteiger partial charge in [-0.3, -0.25) is 19.9 Å². The number of methoxy groups -OCH3 is 1. The summed E-state index contributed by atoms with van der Waals surface area (Å²) in [5.41, 5.74) is 0.964. The maximum Gasteiger partial charge on any atom is 0.326 e. The fourth-order valence-electron chi connectivity index (χ4n) is 3.32. The number of halogens is 2. The molecule has 0 atom stereocenters. The van der Waals surface area contributed by atoms with Gasteiger partial charge in [0.05, 0.1) is 23.3 Å². The van der Waals surface area contributed by atoms with Crippen LogP contribution in [-0.4, -0.2) is 42.7 Å². The van der Waals surface area contributed by atoms with Gasteiger partial charge < -0.3 is 9.16 Å². The van der Waals surface area contributed by atoms with Gasteiger partial charge in [0.25, 0.3) is 5.91 Å². The lowest BCUT2D eigenvalue weighted by Crippen LogP contribution is -2.41. The van der Waals surface area contributed by atoms with E-state index < -0.39 is 20.0 Å². The summed E-state index contributed by atoms with van der Waals surface area (Å²) in [7, 11) is -0.471. The van der Waals surface area contributed by atoms with E-state index in [1.54, 1.807) is 13.0 Å². The topological polar surface area (TPSA) is 95.3 Å². The van der Waals surface area contributed by atoms with Crippen LogP contribution in [0.1, 0.15) is 43.2 Å². The highest BCUT2D eigenvalue weighted by atomic mass is 35.5. The van der Waals surface area contributed by atoms with Crippen LogP contribution in [0.3, 0.4) is 0 Å². The molecule has 1 amide bonds. The van der Waals surface area contributed by atoms with Crippen LogP contribution in [-0.2, 0) is 11.0 Å². The molecule has 0 bridgehead atoms. The molecule has 0 fully saturated rings. The molecular weight excluding hydrogens is 535 g/mol. The van der Waals surface area contributed by atoms with E-state index in [4.69, 9.17) is 20.8 Å². The van der Waals surface area contributed by atoms with E-state index in [1.807, 2.05) is 0 Å². The minimum absolute atomic E-state index is 0.0473. The molecule has 8 nitrogen and oxygen atoms in total. The Labute approximate surface area is 225 Å². The van der Waals surface area contributed by atoms with Crippen molar-refractivity contribution >= 4 is 42.3 Å². The molecule has 0 saturated heterocycles. The van der Waals surface area contributed by atoms with Crippen molar-refractivity contribution in [2.75, 3.05) is 19.0 Å². The molecule has 37 heavy (non-hydrogen) atoms. The lowest BCUT2D eigenvalue weighted by atomic mass is 9.98. The van der Waals surface area contributed by atoms with E-state index >= 15 is 4.39 Å². The van der Waals surface area contributed by atoms with E-state index in [0.717, 1.165) is 11.3 Å². The largest absolute Gasteiger partial charge is 0.496 e. The minimum atomic E-state index is -1.87. The standard InChI is InChI=1S/C25H32ClFN4O4SSi/c1-15-13-16(20-19(34-5)10-9-18(26)21(20)27)17(14-28-15)22(32)29-23-30-31(24(33)36-23)11-8-12-35-37(6,7)25(2,3)4/h9-10,13-14H,8,11-12H2,1-7H3,(H,29,30,32). The lowest BCUT2D eigenvalue weighted by molar-refractivity contribution is 0.102. The molecule has 0 aliphatic carbocycles. The number of rotatable bonds is 9. The Morgan fingerprint density at radius 3 is 2.65 bits per heavy atom. The summed E-state index contributed by atoms with van der Waals surface area (Å²) in [4.78, 5) is 29.5. The predicted octanol–water partition coefficient (Wildman–Crippen LogP) is 6.14. The summed E-state index contributed by atoms with van der Waals surface area (Å²) in [5, 5.41) is 7.02. The molecule has 3 rings (SSSR count). The number of nitrogens with one attached hydrogen (secondary N) is 1. The molecule has 2 heterocycles. The molecule has 0 spiro atoms. The van der Waals surface area contributed by atoms with Crippen LogP contribution in [0.2, 0.25) is 23.2 Å². The second kappa shape index (κ2) is 11.4. The zero-order chi connectivity index (χ0) is 27.5. The Morgan fingerprint density at radius 2 is 2.00 bits per heavy atom. The molecule has 0 saturated carbocycles. The van der Waals surface area contributed by atoms with Crippen LogP contribution in [0.15, 0.2) is 29.2 Å². The number of pyridine rings is 1. The third kappa shape index (κ3) is 6.64. The zero-order valence-electron chi connectivity index (χ0n) is 22.1. The molecule has 12 heteroatoms. The number of anilines is 1. The van der Waals surface area contributed by atoms with E-state index in [9.17, 15) is 9.59 Å². The number of amides is 1. The number of carbonyl (C=O) groups is 1. The van der Waals surface area contributed by atoms with E-state index in [0.29, 0.717) is 25.3 Å². The zero-order valence-corrected chi connectivity index (χ0v) is 24.6. The number of ether oxygens (including phenoxy) is 1. The Hall–Kier alpha value is -2.60. The first-order chi connectivity index (χ1) is 17.2. The van der Waals surface area contributed by atoms with Crippen LogP contribution in [0.5, 0.6) is 5.75 Å². The van der Waals surface area contributed by atoms with Crippen LogP contribution in [0.25, 0.3) is 11.1 Å². The highest BCUT2D eigenvalue weighted by Crippen LogP contribution is 2.38. The van der Waals surface area contributed by atoms with Crippen molar-refractivity contribution in [1.29, 1.82) is 0 Å². The van der Waals surface area contributed by atoms with Crippen molar-refractivity contribution < 1.29 is 18.3 Å². The van der Waals surface area contributed by atoms with Gasteiger partial charge in [-0.25, -0.2) is 9.07 Å². The molecule has 0 unspecified atom stereocenters. The predicted molar refractivity (Wildman–Crippen MR) is 148 cm³/mol. The molecule has 1 N–H and O–H groups in total. The van der Waals surface area contributed by atoms with Gasteiger partial charge in [0.2, 0.25) is 5.13 Å². The number of aryl methyl sites for hydroxylation is 2. The molecule has 200 valence electrons. The van der Waals surface area contributed by atoms with Crippen LogP contribution in [0, 0.1) is 12.7 Å². The summed E-state index contributed by atoms with van der Waals surface area (Å²) in [6.07, 6.45) is 1.96. The summed E-state index contributed by atoms with van der Waals surface area (Å²) in [6.45, 7) is 13.5. The maximum absolute atomic E-state index is 15.1. The summed E-state index contributed by atoms with van der Waals surface area (Å²) in [6, 6.07) is 4.49. The van der Waals surface area contributed by atoms with Crippen molar-refractivity contribution in [3.8, 4) is 16.9 Å². The first-order valence-corrected chi connectivity index (χ1v) is 15.9. The lowest BCUT2D eigenvalue weighted by Gasteiger charge is -2.36. The smallest absolute Gasteiger partial charge is 0.326 e. The van der Waals surface area contributed by atoms with E-state index in [1.165, 1.54) is 30.1 Å². The van der Waals surface area contributed by atoms with E-state index in [-0.39, 0.29) is 42.5 Å². The van der Waals surface area contributed by atoms with Gasteiger partial charge in [-0.1, -0.05) is 32.4 Å². The minimum Gasteiger partial charge on any atom is -0.496 e. The fourth-order valence-corrected chi connectivity index (χ4v) is 5.25. The van der Waals surface area contributed by atoms with Gasteiger partial charge in [-0.05, 0) is 61.0 Å². The van der Waals surface area contributed by atoms with Gasteiger partial charge in [0.15, 0.2) is 14.1 Å². The summed E-state index contributed by atoms with van der Waals surface area (Å²) in [5.74, 6) is -1.09. The third-order valence-corrected chi connectivity index (χ3v) is 12.0. The Bertz CT molecular complexity index is 1350. The molecule has 0 aliphatic rings. The number of benzene rings is 1. The van der Waals surface area contributed by atoms with Crippen molar-refractivity contribution in [2.45, 2.75) is 58.8 Å². The number of hydrogen-bond donors (Lipinski definition) is 1. The maximum atomic E-state index is 15.1. The third-order valence-electron chi connectivity index (χ3n) is 6.44. The first kappa shape index (κ1) is 29.0. The molecule has 0 aliphatic heterocycles. The Balaban J connectivity index is 1.79. The Kier molecular flexibility index (Phi) is 8.94. The van der Waals surface area contributed by atoms with Gasteiger partial charge in [0.1, 0.15) is 5.75 Å². The van der Waals surface area contributed by atoms with Crippen molar-refractivity contribution in [3.63, 3.8) is 0 Å². The van der Waals surface area contributed by atoms with Crippen LogP contribution < -0.4 is 14.9 Å². The van der Waals surface area contributed by atoms with Gasteiger partial charge in [-0.15, -0.1) is 5.10 Å². The molecule has 2 aromatic heterocycles. The summed E-state index contributed by atoms with van der Waals surface area (Å²) < 4.78 is 27.8. The van der Waals surface area contributed by atoms with Crippen LogP contribution in [0.4, 0.5) is 9.52 Å². The highest BCUT2D eigenvalue weighted by Gasteiger charge is 2.36. The number of nitrogens with zero attached hydrogens (tertiary/aromatic N) is 3. The molecule has 0 radical (unpaired) electrons. The Morgan fingerprint density at radius 1 is 1.30 bits per heavy atom. The normalized spacial score (nSPS) is 12.0. The fraction of sp³-hybridized carbons (Fsp3) is 0.440. The number of hydrogen-bond acceptors (Lipinski definition) is 7. The van der Waals surface area contributed by atoms with Gasteiger partial charge in [-0.2, -0.15) is 0 Å². The van der Waals surface area contributed by atoms with Crippen molar-refractivity contribution in [1.82, 2.24) is 14.8 Å². The van der Waals surface area contributed by atoms with Gasteiger partial charge in [0, 0.05) is 30.6 Å². The second-order valence-corrected chi connectivity index (χ2v) is 16.3. The van der Waals surface area contributed by atoms with Crippen molar-refractivity contribution in [3.05, 3.63) is 56.2 Å². The van der Waals surface area contributed by atoms with Gasteiger partial charge >= 0.3 is 4.87 Å². The molecular formula is C25H32ClFN4O4SSi. The first-order valence-electron chi connectivity index (χ1n) is 11.8. The second-order valence-electron chi connectivity index (χ2n) is 10.1. The average Bonchev–Trinajstić information content (AvgIpc) is 3.16. The highest BCUT2D eigenvalue weighted by molar-refractivity contribution is 7.13. The SMILES string of the molecule is COc1ccc(Cl)c(F)c1-c1cc(C)ncc1C(=O)Nc1nn(CCCO[Si](C)(C)C(C)(C)C)c(=O)s1. The average molecular weight is 567 g/mol. The van der Waals surface area contributed by atoms with Crippen LogP contribution >= 0.6 is 22.9 Å². The summed E-state index contributed by atoms with van der Waals surface area (Å²) >= 11 is 6.83.